The smallest absolute Gasteiger partial charge is 0.270 e. The average Bonchev–Trinajstić information content (AvgIpc) is 3.13. The zero-order valence-corrected chi connectivity index (χ0v) is 13.0. The Bertz CT molecular complexity index is 766. The minimum absolute atomic E-state index is 0.0853. The molecule has 0 bridgehead atoms. The molecule has 1 saturated heterocycles. The largest absolute Gasteiger partial charge is 0.376 e. The number of carbonyl (C=O) groups is 1. The van der Waals surface area contributed by atoms with Gasteiger partial charge < -0.3 is 15.4 Å². The molecule has 7 heteroatoms. The number of nitrogens with zero attached hydrogens (tertiary/aromatic N) is 3. The molecule has 3 rings (SSSR count). The van der Waals surface area contributed by atoms with Gasteiger partial charge in [0.25, 0.3) is 5.91 Å². The lowest BCUT2D eigenvalue weighted by molar-refractivity contribution is 0.0853. The molecule has 1 aromatic carbocycles. The quantitative estimate of drug-likeness (QED) is 0.873. The van der Waals surface area contributed by atoms with Crippen LogP contribution in [0.2, 0.25) is 0 Å². The molecule has 1 aliphatic rings. The van der Waals surface area contributed by atoms with Crippen molar-refractivity contribution in [2.75, 3.05) is 18.5 Å². The highest BCUT2D eigenvalue weighted by Crippen LogP contribution is 2.16. The van der Waals surface area contributed by atoms with Gasteiger partial charge in [0.05, 0.1) is 17.7 Å². The van der Waals surface area contributed by atoms with Gasteiger partial charge in [-0.3, -0.25) is 4.79 Å². The highest BCUT2D eigenvalue weighted by molar-refractivity contribution is 5.93. The van der Waals surface area contributed by atoms with Gasteiger partial charge >= 0.3 is 0 Å². The number of rotatable bonds is 5. The zero-order valence-electron chi connectivity index (χ0n) is 13.0. The summed E-state index contributed by atoms with van der Waals surface area (Å²) in [6.45, 7) is 1.24. The Morgan fingerprint density at radius 3 is 3.08 bits per heavy atom. The first kappa shape index (κ1) is 15.9. The third kappa shape index (κ3) is 4.06. The zero-order chi connectivity index (χ0) is 16.8. The normalized spacial score (nSPS) is 16.4. The van der Waals surface area contributed by atoms with E-state index in [1.54, 1.807) is 24.3 Å². The van der Waals surface area contributed by atoms with Crippen LogP contribution in [0.4, 0.5) is 11.5 Å². The van der Waals surface area contributed by atoms with Crippen molar-refractivity contribution in [2.45, 2.75) is 18.9 Å². The maximum atomic E-state index is 12.2. The van der Waals surface area contributed by atoms with Gasteiger partial charge in [-0.2, -0.15) is 5.26 Å². The van der Waals surface area contributed by atoms with E-state index in [2.05, 4.69) is 26.7 Å². The first-order valence-electron chi connectivity index (χ1n) is 7.73. The molecule has 1 amide bonds. The molecule has 122 valence electrons. The number of nitriles is 1. The highest BCUT2D eigenvalue weighted by Gasteiger charge is 2.17. The fraction of sp³-hybridized carbons (Fsp3) is 0.294. The van der Waals surface area contributed by atoms with Crippen LogP contribution in [0.25, 0.3) is 0 Å². The van der Waals surface area contributed by atoms with Crippen LogP contribution in [0.3, 0.4) is 0 Å². The van der Waals surface area contributed by atoms with E-state index in [1.807, 2.05) is 6.07 Å². The van der Waals surface area contributed by atoms with E-state index >= 15 is 0 Å². The molecule has 1 fully saturated rings. The molecule has 2 aromatic rings. The van der Waals surface area contributed by atoms with Gasteiger partial charge in [0.1, 0.15) is 17.8 Å². The van der Waals surface area contributed by atoms with Crippen LogP contribution in [0.1, 0.15) is 28.9 Å². The lowest BCUT2D eigenvalue weighted by Crippen LogP contribution is -2.32. The third-order valence-corrected chi connectivity index (χ3v) is 3.68. The number of carbonyl (C=O) groups excluding carboxylic acids is 1. The van der Waals surface area contributed by atoms with Gasteiger partial charge in [0.2, 0.25) is 0 Å². The van der Waals surface area contributed by atoms with Crippen molar-refractivity contribution in [3.05, 3.63) is 47.9 Å². The summed E-state index contributed by atoms with van der Waals surface area (Å²) in [4.78, 5) is 20.3. The molecule has 7 nitrogen and oxygen atoms in total. The number of nitrogens with one attached hydrogen (secondary N) is 2. The van der Waals surface area contributed by atoms with Crippen molar-refractivity contribution in [3.63, 3.8) is 0 Å². The number of hydrogen-bond donors (Lipinski definition) is 2. The summed E-state index contributed by atoms with van der Waals surface area (Å²) in [5.74, 6) is 0.226. The summed E-state index contributed by atoms with van der Waals surface area (Å²) in [6, 6.07) is 10.7. The maximum absolute atomic E-state index is 12.2. The summed E-state index contributed by atoms with van der Waals surface area (Å²) in [5.41, 5.74) is 1.55. The minimum Gasteiger partial charge on any atom is -0.376 e. The Balaban J connectivity index is 1.64. The van der Waals surface area contributed by atoms with E-state index in [0.717, 1.165) is 25.1 Å². The van der Waals surface area contributed by atoms with Crippen molar-refractivity contribution in [3.8, 4) is 6.07 Å². The van der Waals surface area contributed by atoms with Crippen molar-refractivity contribution in [1.29, 1.82) is 5.26 Å². The van der Waals surface area contributed by atoms with Crippen LogP contribution in [-0.4, -0.2) is 35.1 Å². The van der Waals surface area contributed by atoms with Crippen LogP contribution >= 0.6 is 0 Å². The standard InChI is InChI=1S/C17H17N5O2/c18-9-12-3-1-4-13(7-12)22-16-8-15(20-11-21-16)17(23)19-10-14-5-2-6-24-14/h1,3-4,7-8,11,14H,2,5-6,10H2,(H,19,23)(H,20,21,22). The maximum Gasteiger partial charge on any atom is 0.270 e. The molecule has 1 aromatic heterocycles. The van der Waals surface area contributed by atoms with Gasteiger partial charge in [-0.25, -0.2) is 9.97 Å². The van der Waals surface area contributed by atoms with Crippen molar-refractivity contribution in [2.24, 2.45) is 0 Å². The molecule has 0 saturated carbocycles. The molecule has 0 aliphatic carbocycles. The van der Waals surface area contributed by atoms with Crippen LogP contribution in [0, 0.1) is 11.3 Å². The molecular formula is C17H17N5O2. The molecule has 1 atom stereocenters. The Morgan fingerprint density at radius 2 is 2.29 bits per heavy atom. The number of benzene rings is 1. The lowest BCUT2D eigenvalue weighted by atomic mass is 10.2. The Morgan fingerprint density at radius 1 is 1.38 bits per heavy atom. The number of ether oxygens (including phenoxy) is 1. The summed E-state index contributed by atoms with van der Waals surface area (Å²) in [5, 5.41) is 14.8. The predicted molar refractivity (Wildman–Crippen MR) is 87.8 cm³/mol. The van der Waals surface area contributed by atoms with Crippen molar-refractivity contribution in [1.82, 2.24) is 15.3 Å². The molecule has 24 heavy (non-hydrogen) atoms. The molecule has 2 heterocycles. The van der Waals surface area contributed by atoms with E-state index in [9.17, 15) is 4.79 Å². The van der Waals surface area contributed by atoms with Gasteiger partial charge in [-0.05, 0) is 31.0 Å². The summed E-state index contributed by atoms with van der Waals surface area (Å²) in [6.07, 6.45) is 3.41. The second kappa shape index (κ2) is 7.53. The monoisotopic (exact) mass is 323 g/mol. The molecule has 0 spiro atoms. The molecule has 2 N–H and O–H groups in total. The molecule has 0 radical (unpaired) electrons. The highest BCUT2D eigenvalue weighted by atomic mass is 16.5. The summed E-state index contributed by atoms with van der Waals surface area (Å²) in [7, 11) is 0. The van der Waals surface area contributed by atoms with Crippen molar-refractivity contribution >= 4 is 17.4 Å². The topological polar surface area (TPSA) is 99.9 Å². The van der Waals surface area contributed by atoms with Gasteiger partial charge in [-0.15, -0.1) is 0 Å². The number of aromatic nitrogens is 2. The Kier molecular flexibility index (Phi) is 4.99. The van der Waals surface area contributed by atoms with Crippen LogP contribution in [0.5, 0.6) is 0 Å². The first-order valence-corrected chi connectivity index (χ1v) is 7.73. The molecular weight excluding hydrogens is 306 g/mol. The Hall–Kier alpha value is -2.98. The van der Waals surface area contributed by atoms with Crippen LogP contribution < -0.4 is 10.6 Å². The second-order valence-corrected chi connectivity index (χ2v) is 5.45. The fourth-order valence-corrected chi connectivity index (χ4v) is 2.47. The van der Waals surface area contributed by atoms with Crippen LogP contribution in [-0.2, 0) is 4.74 Å². The van der Waals surface area contributed by atoms with E-state index in [-0.39, 0.29) is 17.7 Å². The first-order chi connectivity index (χ1) is 11.7. The van der Waals surface area contributed by atoms with Crippen molar-refractivity contribution < 1.29 is 9.53 Å². The predicted octanol–water partition coefficient (Wildman–Crippen LogP) is 2.00. The summed E-state index contributed by atoms with van der Waals surface area (Å²) >= 11 is 0. The van der Waals surface area contributed by atoms with E-state index in [4.69, 9.17) is 10.00 Å². The second-order valence-electron chi connectivity index (χ2n) is 5.45. The third-order valence-electron chi connectivity index (χ3n) is 3.68. The number of hydrogen-bond acceptors (Lipinski definition) is 6. The summed E-state index contributed by atoms with van der Waals surface area (Å²) < 4.78 is 5.48. The van der Waals surface area contributed by atoms with Gasteiger partial charge in [-0.1, -0.05) is 6.07 Å². The fourth-order valence-electron chi connectivity index (χ4n) is 2.47. The number of anilines is 2. The van der Waals surface area contributed by atoms with E-state index in [1.165, 1.54) is 6.33 Å². The minimum atomic E-state index is -0.262. The lowest BCUT2D eigenvalue weighted by Gasteiger charge is -2.11. The Labute approximate surface area is 139 Å². The van der Waals surface area contributed by atoms with E-state index in [0.29, 0.717) is 17.9 Å². The average molecular weight is 323 g/mol. The van der Waals surface area contributed by atoms with Gasteiger partial charge in [0, 0.05) is 24.9 Å². The molecule has 1 unspecified atom stereocenters. The number of amides is 1. The van der Waals surface area contributed by atoms with Crippen LogP contribution in [0.15, 0.2) is 36.7 Å². The van der Waals surface area contributed by atoms with E-state index < -0.39 is 0 Å². The van der Waals surface area contributed by atoms with Gasteiger partial charge in [0.15, 0.2) is 0 Å². The SMILES string of the molecule is N#Cc1cccc(Nc2cc(C(=O)NCC3CCCO3)ncn2)c1. The molecule has 1 aliphatic heterocycles.